The number of hydrogen-bond acceptors (Lipinski definition) is 1. The number of benzene rings is 1. The van der Waals surface area contributed by atoms with Crippen molar-refractivity contribution >= 4 is 15.9 Å². The molecule has 0 radical (unpaired) electrons. The number of aliphatic hydroxyl groups is 1. The third-order valence-corrected chi connectivity index (χ3v) is 2.75. The van der Waals surface area contributed by atoms with Gasteiger partial charge in [-0.25, -0.2) is 0 Å². The molecule has 0 aliphatic heterocycles. The molecule has 1 aromatic rings. The van der Waals surface area contributed by atoms with Gasteiger partial charge in [-0.3, -0.25) is 0 Å². The van der Waals surface area contributed by atoms with Crippen molar-refractivity contribution in [1.82, 2.24) is 0 Å². The third-order valence-electron chi connectivity index (χ3n) is 2.29. The Morgan fingerprint density at radius 3 is 2.21 bits per heavy atom. The average molecular weight is 257 g/mol. The van der Waals surface area contributed by atoms with Crippen molar-refractivity contribution in [2.75, 3.05) is 0 Å². The molecule has 1 aromatic carbocycles. The molecular formula is C12H17BrO. The van der Waals surface area contributed by atoms with Gasteiger partial charge >= 0.3 is 0 Å². The first-order valence-electron chi connectivity index (χ1n) is 4.84. The Balaban J connectivity index is 3.21. The lowest BCUT2D eigenvalue weighted by Gasteiger charge is -2.20. The van der Waals surface area contributed by atoms with E-state index in [9.17, 15) is 5.11 Å². The largest absolute Gasteiger partial charge is 0.386 e. The van der Waals surface area contributed by atoms with Crippen LogP contribution in [0.15, 0.2) is 22.7 Å². The van der Waals surface area contributed by atoms with Crippen LogP contribution in [0.3, 0.4) is 0 Å². The zero-order valence-electron chi connectivity index (χ0n) is 9.13. The summed E-state index contributed by atoms with van der Waals surface area (Å²) in [6, 6.07) is 6.13. The van der Waals surface area contributed by atoms with Crippen molar-refractivity contribution in [3.8, 4) is 0 Å². The summed E-state index contributed by atoms with van der Waals surface area (Å²) in [5.41, 5.74) is 1.43. The lowest BCUT2D eigenvalue weighted by atomic mass is 9.93. The van der Waals surface area contributed by atoms with Gasteiger partial charge in [-0.05, 0) is 43.0 Å². The zero-order chi connectivity index (χ0) is 10.9. The topological polar surface area (TPSA) is 20.2 Å². The predicted molar refractivity (Wildman–Crippen MR) is 63.5 cm³/mol. The van der Waals surface area contributed by atoms with E-state index in [0.29, 0.717) is 5.92 Å². The lowest BCUT2D eigenvalue weighted by Crippen LogP contribution is -2.15. The molecule has 0 aromatic heterocycles. The first kappa shape index (κ1) is 11.7. The molecule has 0 atom stereocenters. The Bertz CT molecular complexity index is 324. The van der Waals surface area contributed by atoms with E-state index in [1.54, 1.807) is 13.8 Å². The first-order chi connectivity index (χ1) is 6.30. The van der Waals surface area contributed by atoms with E-state index in [-0.39, 0.29) is 0 Å². The van der Waals surface area contributed by atoms with Crippen molar-refractivity contribution in [2.45, 2.75) is 39.2 Å². The van der Waals surface area contributed by atoms with Gasteiger partial charge in [-0.15, -0.1) is 0 Å². The fourth-order valence-corrected chi connectivity index (χ4v) is 1.81. The Morgan fingerprint density at radius 1 is 1.21 bits per heavy atom. The first-order valence-corrected chi connectivity index (χ1v) is 5.63. The van der Waals surface area contributed by atoms with E-state index in [1.165, 1.54) is 5.56 Å². The van der Waals surface area contributed by atoms with Crippen LogP contribution in [0.2, 0.25) is 0 Å². The molecule has 14 heavy (non-hydrogen) atoms. The van der Waals surface area contributed by atoms with Crippen LogP contribution < -0.4 is 0 Å². The van der Waals surface area contributed by atoms with Gasteiger partial charge in [-0.1, -0.05) is 35.8 Å². The molecule has 0 saturated heterocycles. The Hall–Kier alpha value is -0.340. The highest BCUT2D eigenvalue weighted by molar-refractivity contribution is 9.10. The zero-order valence-corrected chi connectivity index (χ0v) is 10.7. The molecule has 1 rings (SSSR count). The van der Waals surface area contributed by atoms with E-state index in [0.717, 1.165) is 10.0 Å². The Kier molecular flexibility index (Phi) is 3.38. The summed E-state index contributed by atoms with van der Waals surface area (Å²) >= 11 is 3.46. The second-order valence-electron chi connectivity index (χ2n) is 4.49. The van der Waals surface area contributed by atoms with E-state index in [4.69, 9.17) is 0 Å². The number of rotatable bonds is 2. The van der Waals surface area contributed by atoms with Crippen LogP contribution in [0.4, 0.5) is 0 Å². The monoisotopic (exact) mass is 256 g/mol. The van der Waals surface area contributed by atoms with E-state index < -0.39 is 5.60 Å². The van der Waals surface area contributed by atoms with Gasteiger partial charge < -0.3 is 5.11 Å². The summed E-state index contributed by atoms with van der Waals surface area (Å²) < 4.78 is 1.03. The molecule has 0 heterocycles. The van der Waals surface area contributed by atoms with Crippen LogP contribution in [0.25, 0.3) is 0 Å². The number of hydrogen-bond donors (Lipinski definition) is 1. The smallest absolute Gasteiger partial charge is 0.0841 e. The van der Waals surface area contributed by atoms with E-state index in [2.05, 4.69) is 41.9 Å². The molecule has 0 unspecified atom stereocenters. The van der Waals surface area contributed by atoms with Gasteiger partial charge in [0.15, 0.2) is 0 Å². The van der Waals surface area contributed by atoms with Crippen LogP contribution >= 0.6 is 15.9 Å². The normalized spacial score (nSPS) is 12.2. The van der Waals surface area contributed by atoms with Crippen LogP contribution in [-0.2, 0) is 5.60 Å². The molecular weight excluding hydrogens is 240 g/mol. The maximum absolute atomic E-state index is 9.90. The summed E-state index contributed by atoms with van der Waals surface area (Å²) in [6.45, 7) is 7.91. The van der Waals surface area contributed by atoms with Gasteiger partial charge in [0, 0.05) is 4.47 Å². The van der Waals surface area contributed by atoms with Crippen molar-refractivity contribution in [1.29, 1.82) is 0 Å². The highest BCUT2D eigenvalue weighted by Gasteiger charge is 2.17. The summed E-state index contributed by atoms with van der Waals surface area (Å²) in [5.74, 6) is 0.480. The van der Waals surface area contributed by atoms with Crippen LogP contribution in [0.5, 0.6) is 0 Å². The maximum Gasteiger partial charge on any atom is 0.0841 e. The summed E-state index contributed by atoms with van der Waals surface area (Å²) in [6.07, 6.45) is 0. The second kappa shape index (κ2) is 4.03. The summed E-state index contributed by atoms with van der Waals surface area (Å²) in [4.78, 5) is 0. The van der Waals surface area contributed by atoms with E-state index in [1.807, 2.05) is 6.07 Å². The van der Waals surface area contributed by atoms with Crippen LogP contribution in [0, 0.1) is 0 Å². The third kappa shape index (κ3) is 2.82. The minimum atomic E-state index is -0.770. The molecule has 0 bridgehead atoms. The van der Waals surface area contributed by atoms with Gasteiger partial charge in [0.25, 0.3) is 0 Å². The van der Waals surface area contributed by atoms with Crippen LogP contribution in [-0.4, -0.2) is 5.11 Å². The summed E-state index contributed by atoms with van der Waals surface area (Å²) in [5, 5.41) is 9.90. The fourth-order valence-electron chi connectivity index (χ4n) is 1.30. The maximum atomic E-state index is 9.90. The average Bonchev–Trinajstić information content (AvgIpc) is 2.01. The Morgan fingerprint density at radius 2 is 1.79 bits per heavy atom. The van der Waals surface area contributed by atoms with Gasteiger partial charge in [0.05, 0.1) is 5.60 Å². The van der Waals surface area contributed by atoms with Crippen molar-refractivity contribution in [2.24, 2.45) is 0 Å². The predicted octanol–water partition coefficient (Wildman–Crippen LogP) is 3.80. The SMILES string of the molecule is CC(C)c1cc(Br)cc(C(C)(C)O)c1. The molecule has 0 aliphatic rings. The molecule has 0 saturated carbocycles. The highest BCUT2D eigenvalue weighted by Crippen LogP contribution is 2.27. The van der Waals surface area contributed by atoms with Gasteiger partial charge in [-0.2, -0.15) is 0 Å². The molecule has 0 spiro atoms. The van der Waals surface area contributed by atoms with Gasteiger partial charge in [0.2, 0.25) is 0 Å². The lowest BCUT2D eigenvalue weighted by molar-refractivity contribution is 0.0784. The quantitative estimate of drug-likeness (QED) is 0.854. The summed E-state index contributed by atoms with van der Waals surface area (Å²) in [7, 11) is 0. The molecule has 78 valence electrons. The van der Waals surface area contributed by atoms with Crippen molar-refractivity contribution in [3.63, 3.8) is 0 Å². The van der Waals surface area contributed by atoms with Gasteiger partial charge in [0.1, 0.15) is 0 Å². The molecule has 2 heteroatoms. The highest BCUT2D eigenvalue weighted by atomic mass is 79.9. The van der Waals surface area contributed by atoms with Crippen molar-refractivity contribution in [3.05, 3.63) is 33.8 Å². The Labute approximate surface area is 94.3 Å². The second-order valence-corrected chi connectivity index (χ2v) is 5.40. The number of halogens is 1. The molecule has 1 N–H and O–H groups in total. The van der Waals surface area contributed by atoms with Crippen LogP contribution in [0.1, 0.15) is 44.7 Å². The minimum absolute atomic E-state index is 0.480. The van der Waals surface area contributed by atoms with Crippen molar-refractivity contribution < 1.29 is 5.11 Å². The van der Waals surface area contributed by atoms with E-state index >= 15 is 0 Å². The molecule has 0 aliphatic carbocycles. The standard InChI is InChI=1S/C12H17BrO/c1-8(2)9-5-10(12(3,4)14)7-11(13)6-9/h5-8,14H,1-4H3. The fraction of sp³-hybridized carbons (Fsp3) is 0.500. The molecule has 0 amide bonds. The molecule has 1 nitrogen and oxygen atoms in total. The molecule has 0 fully saturated rings. The minimum Gasteiger partial charge on any atom is -0.386 e.